The summed E-state index contributed by atoms with van der Waals surface area (Å²) in [5.41, 5.74) is 1.32. The van der Waals surface area contributed by atoms with Gasteiger partial charge in [-0.25, -0.2) is 13.4 Å². The molecule has 24 heteroatoms. The van der Waals surface area contributed by atoms with E-state index in [1.165, 1.54) is 6.21 Å². The second kappa shape index (κ2) is 20.0. The van der Waals surface area contributed by atoms with Crippen molar-refractivity contribution < 1.29 is 74.8 Å². The first kappa shape index (κ1) is 39.6. The molecule has 2 saturated heterocycles. The summed E-state index contributed by atoms with van der Waals surface area (Å²) in [7, 11) is -4.41. The van der Waals surface area contributed by atoms with E-state index in [-0.39, 0.29) is 73.8 Å². The normalized spacial score (nSPS) is 15.0. The van der Waals surface area contributed by atoms with Crippen molar-refractivity contribution in [3.63, 3.8) is 0 Å². The third-order valence-corrected chi connectivity index (χ3v) is 7.42. The van der Waals surface area contributed by atoms with Gasteiger partial charge in [0, 0.05) is 62.4 Å². The Bertz CT molecular complexity index is 1570. The van der Waals surface area contributed by atoms with Crippen molar-refractivity contribution in [2.75, 3.05) is 96.4 Å². The van der Waals surface area contributed by atoms with Crippen LogP contribution in [0, 0.1) is 0 Å². The molecular formula is C24H30Li2N12O8S2. The molecule has 48 heavy (non-hydrogen) atoms. The second-order valence-corrected chi connectivity index (χ2v) is 11.7. The molecule has 0 radical (unpaired) electrons. The standard InChI is InChI=1S/C24H32N12O8S2.2Li/c37-43-44-45-15-5-25-19-29-21(33-23(31-19)35-7-11-41-12-8-35)27-17-1-3-18(4-2-17)28-22-30-20(26-6-16-46(38,39)40)32-24(34-22)36-9-13-42-14-10-36;;/h1-5,37H,6-16H2,(H,38,39,40)(H,27,29,31,33)(H2,26,28,30,32,34);;/q;2*+1/p-2/b25-5-;;. The minimum Gasteiger partial charge on any atom is -0.748 e. The Kier molecular flexibility index (Phi) is 16.5. The average Bonchev–Trinajstić information content (AvgIpc) is 3.06. The molecule has 5 rings (SSSR count). The maximum absolute atomic E-state index is 11.0. The zero-order valence-electron chi connectivity index (χ0n) is 26.3. The summed E-state index contributed by atoms with van der Waals surface area (Å²) in [4.78, 5) is 34.7. The quantitative estimate of drug-likeness (QED) is 0.0255. The van der Waals surface area contributed by atoms with E-state index in [1.54, 1.807) is 24.3 Å². The minimum atomic E-state index is -4.41. The molecule has 2 aliphatic heterocycles. The van der Waals surface area contributed by atoms with Gasteiger partial charge in [0.1, 0.15) is 0 Å². The van der Waals surface area contributed by atoms with Gasteiger partial charge in [0.25, 0.3) is 5.95 Å². The molecule has 248 valence electrons. The van der Waals surface area contributed by atoms with Crippen LogP contribution in [0.25, 0.3) is 0 Å². The van der Waals surface area contributed by atoms with E-state index in [1.807, 2.05) is 9.80 Å². The number of rotatable bonds is 15. The third kappa shape index (κ3) is 12.9. The number of ether oxygens (including phenoxy) is 2. The predicted octanol–water partition coefficient (Wildman–Crippen LogP) is -6.24. The largest absolute Gasteiger partial charge is 1.00 e. The van der Waals surface area contributed by atoms with Gasteiger partial charge in [-0.15, -0.1) is 0 Å². The van der Waals surface area contributed by atoms with E-state index in [4.69, 9.17) is 9.47 Å². The van der Waals surface area contributed by atoms with Crippen LogP contribution < -0.4 is 68.7 Å². The molecule has 2 aromatic heterocycles. The van der Waals surface area contributed by atoms with Crippen LogP contribution in [0.2, 0.25) is 0 Å². The van der Waals surface area contributed by atoms with Crippen molar-refractivity contribution in [2.45, 2.75) is 0 Å². The smallest absolute Gasteiger partial charge is 0.748 e. The Labute approximate surface area is 304 Å². The topological polar surface area (TPSA) is 249 Å². The number of anilines is 7. The van der Waals surface area contributed by atoms with Gasteiger partial charge >= 0.3 is 37.7 Å². The molecule has 0 spiro atoms. The number of hydrogen-bond donors (Lipinski definition) is 3. The Hall–Kier alpha value is -2.84. The second-order valence-electron chi connectivity index (χ2n) is 9.49. The van der Waals surface area contributed by atoms with Crippen molar-refractivity contribution in [1.29, 1.82) is 0 Å². The van der Waals surface area contributed by atoms with Gasteiger partial charge in [0.15, 0.2) is 0 Å². The maximum atomic E-state index is 11.0. The summed E-state index contributed by atoms with van der Waals surface area (Å²) in [5.74, 6) is 1.18. The molecule has 3 aromatic rings. The molecule has 4 heterocycles. The molecule has 0 atom stereocenters. The van der Waals surface area contributed by atoms with Crippen molar-refractivity contribution in [3.8, 4) is 0 Å². The van der Waals surface area contributed by atoms with Crippen LogP contribution >= 0.6 is 12.0 Å². The van der Waals surface area contributed by atoms with Crippen LogP contribution in [0.4, 0.5) is 47.1 Å². The summed E-state index contributed by atoms with van der Waals surface area (Å²) >= 11 is 0.766. The van der Waals surface area contributed by atoms with Crippen molar-refractivity contribution >= 4 is 75.4 Å². The summed E-state index contributed by atoms with van der Waals surface area (Å²) in [6.45, 7) is 4.30. The molecule has 0 unspecified atom stereocenters. The molecule has 0 saturated carbocycles. The first-order valence-corrected chi connectivity index (χ1v) is 16.4. The molecule has 0 aliphatic carbocycles. The number of nitrogens with one attached hydrogen (secondary N) is 3. The van der Waals surface area contributed by atoms with Crippen LogP contribution in [-0.4, -0.2) is 120 Å². The van der Waals surface area contributed by atoms with E-state index in [0.29, 0.717) is 75.9 Å². The van der Waals surface area contributed by atoms with Gasteiger partial charge in [-0.05, 0) is 24.3 Å². The van der Waals surface area contributed by atoms with E-state index in [0.717, 1.165) is 12.0 Å². The predicted molar refractivity (Wildman–Crippen MR) is 165 cm³/mol. The number of nitrogens with zero attached hydrogens (tertiary/aromatic N) is 9. The fraction of sp³-hybridized carbons (Fsp3) is 0.458. The van der Waals surface area contributed by atoms with Gasteiger partial charge in [-0.2, -0.15) is 34.2 Å². The Morgan fingerprint density at radius 2 is 1.35 bits per heavy atom. The molecule has 0 amide bonds. The van der Waals surface area contributed by atoms with Crippen LogP contribution in [-0.2, 0) is 29.0 Å². The molecular weight excluding hydrogens is 662 g/mol. The van der Waals surface area contributed by atoms with Crippen LogP contribution in [0.5, 0.6) is 0 Å². The summed E-state index contributed by atoms with van der Waals surface area (Å²) < 4.78 is 48.2. The molecule has 0 bridgehead atoms. The number of hydrogen-bond acceptors (Lipinski definition) is 21. The molecule has 1 aromatic carbocycles. The fourth-order valence-electron chi connectivity index (χ4n) is 4.16. The summed E-state index contributed by atoms with van der Waals surface area (Å²) in [6, 6.07) is 7.16. The van der Waals surface area contributed by atoms with Crippen molar-refractivity contribution in [2.24, 2.45) is 4.99 Å². The monoisotopic (exact) mass is 692 g/mol. The SMILES string of the molecule is O=S(=O)([O-])CCNc1nc(Nc2ccc(Nc3nc(/N=C\CSOO[O-])nc(N4CCOCC4)n3)cc2)nc(N2CCOCC2)n1.[Li+].[Li+]. The first-order chi connectivity index (χ1) is 22.3. The summed E-state index contributed by atoms with van der Waals surface area (Å²) in [6.07, 6.45) is 1.48. The van der Waals surface area contributed by atoms with E-state index < -0.39 is 15.9 Å². The Morgan fingerprint density at radius 1 is 0.833 bits per heavy atom. The van der Waals surface area contributed by atoms with E-state index >= 15 is 0 Å². The Morgan fingerprint density at radius 3 is 1.90 bits per heavy atom. The summed E-state index contributed by atoms with van der Waals surface area (Å²) in [5, 5.41) is 22.4. The van der Waals surface area contributed by atoms with Crippen molar-refractivity contribution in [3.05, 3.63) is 24.3 Å². The number of aromatic nitrogens is 6. The maximum Gasteiger partial charge on any atom is 1.00 e. The van der Waals surface area contributed by atoms with Crippen molar-refractivity contribution in [1.82, 2.24) is 29.9 Å². The number of benzene rings is 1. The van der Waals surface area contributed by atoms with Gasteiger partial charge in [0.2, 0.25) is 29.7 Å². The molecule has 2 aliphatic rings. The number of morpholine rings is 2. The number of aliphatic imine (C=N–C) groups is 1. The molecule has 20 nitrogen and oxygen atoms in total. The van der Waals surface area contributed by atoms with Crippen LogP contribution in [0.3, 0.4) is 0 Å². The van der Waals surface area contributed by atoms with Crippen LogP contribution in [0.15, 0.2) is 29.3 Å². The minimum absolute atomic E-state index is 0. The fourth-order valence-corrected chi connectivity index (χ4v) is 4.74. The van der Waals surface area contributed by atoms with Crippen LogP contribution in [0.1, 0.15) is 0 Å². The zero-order valence-corrected chi connectivity index (χ0v) is 27.9. The van der Waals surface area contributed by atoms with Gasteiger partial charge in [0.05, 0.1) is 48.1 Å². The molecule has 3 N–H and O–H groups in total. The van der Waals surface area contributed by atoms with Gasteiger partial charge < -0.3 is 45.0 Å². The van der Waals surface area contributed by atoms with Gasteiger partial charge in [-0.3, -0.25) is 5.04 Å². The van der Waals surface area contributed by atoms with Gasteiger partial charge in [-0.1, -0.05) is 0 Å². The first-order valence-electron chi connectivity index (χ1n) is 13.9. The Balaban J connectivity index is 0.00000312. The van der Waals surface area contributed by atoms with E-state index in [2.05, 4.69) is 60.2 Å². The molecule has 2 fully saturated rings. The third-order valence-electron chi connectivity index (χ3n) is 6.28. The zero-order chi connectivity index (χ0) is 32.2. The van der Waals surface area contributed by atoms with E-state index in [9.17, 15) is 18.2 Å². The average molecular weight is 693 g/mol.